The van der Waals surface area contributed by atoms with Crippen molar-refractivity contribution in [1.82, 2.24) is 5.32 Å². The SMILES string of the molecule is CCS(=O)(=O)N(CC(=O)NC(C)c1ccccc1)c1ccc(OC)cc1. The van der Waals surface area contributed by atoms with Crippen molar-refractivity contribution in [2.75, 3.05) is 23.7 Å². The van der Waals surface area contributed by atoms with Crippen LogP contribution in [0.2, 0.25) is 0 Å². The quantitative estimate of drug-likeness (QED) is 0.769. The Morgan fingerprint density at radius 2 is 1.73 bits per heavy atom. The highest BCUT2D eigenvalue weighted by Gasteiger charge is 2.24. The monoisotopic (exact) mass is 376 g/mol. The van der Waals surface area contributed by atoms with Crippen LogP contribution in [0, 0.1) is 0 Å². The molecule has 0 bridgehead atoms. The summed E-state index contributed by atoms with van der Waals surface area (Å²) in [7, 11) is -2.06. The molecule has 0 aliphatic heterocycles. The van der Waals surface area contributed by atoms with Gasteiger partial charge < -0.3 is 10.1 Å². The standard InChI is InChI=1S/C19H24N2O4S/c1-4-26(23,24)21(17-10-12-18(25-3)13-11-17)14-19(22)20-15(2)16-8-6-5-7-9-16/h5-13,15H,4,14H2,1-3H3,(H,20,22). The van der Waals surface area contributed by atoms with Crippen molar-refractivity contribution in [3.63, 3.8) is 0 Å². The van der Waals surface area contributed by atoms with Crippen LogP contribution in [-0.2, 0) is 14.8 Å². The first-order valence-electron chi connectivity index (χ1n) is 8.36. The molecule has 7 heteroatoms. The number of nitrogens with zero attached hydrogens (tertiary/aromatic N) is 1. The van der Waals surface area contributed by atoms with Gasteiger partial charge in [-0.1, -0.05) is 30.3 Å². The van der Waals surface area contributed by atoms with E-state index in [1.54, 1.807) is 31.2 Å². The molecule has 26 heavy (non-hydrogen) atoms. The van der Waals surface area contributed by atoms with Gasteiger partial charge in [-0.25, -0.2) is 8.42 Å². The summed E-state index contributed by atoms with van der Waals surface area (Å²) in [6.45, 7) is 3.13. The molecular formula is C19H24N2O4S. The number of methoxy groups -OCH3 is 1. The number of hydrogen-bond donors (Lipinski definition) is 1. The van der Waals surface area contributed by atoms with Crippen molar-refractivity contribution < 1.29 is 17.9 Å². The summed E-state index contributed by atoms with van der Waals surface area (Å²) in [6.07, 6.45) is 0. The lowest BCUT2D eigenvalue weighted by molar-refractivity contribution is -0.120. The maximum Gasteiger partial charge on any atom is 0.241 e. The molecule has 0 spiro atoms. The first kappa shape index (κ1) is 19.8. The van der Waals surface area contributed by atoms with Gasteiger partial charge in [-0.3, -0.25) is 9.10 Å². The summed E-state index contributed by atoms with van der Waals surface area (Å²) in [6, 6.07) is 15.9. The number of carbonyl (C=O) groups excluding carboxylic acids is 1. The molecule has 0 aliphatic rings. The van der Waals surface area contributed by atoms with Crippen molar-refractivity contribution in [3.8, 4) is 5.75 Å². The van der Waals surface area contributed by atoms with Crippen molar-refractivity contribution in [3.05, 3.63) is 60.2 Å². The molecule has 0 heterocycles. The fourth-order valence-electron chi connectivity index (χ4n) is 2.50. The van der Waals surface area contributed by atoms with Gasteiger partial charge in [-0.2, -0.15) is 0 Å². The Morgan fingerprint density at radius 1 is 1.12 bits per heavy atom. The highest BCUT2D eigenvalue weighted by Crippen LogP contribution is 2.22. The van der Waals surface area contributed by atoms with Crippen molar-refractivity contribution >= 4 is 21.6 Å². The summed E-state index contributed by atoms with van der Waals surface area (Å²) in [5.41, 5.74) is 1.38. The summed E-state index contributed by atoms with van der Waals surface area (Å²) in [5.74, 6) is 0.152. The largest absolute Gasteiger partial charge is 0.497 e. The van der Waals surface area contributed by atoms with Crippen LogP contribution >= 0.6 is 0 Å². The highest BCUT2D eigenvalue weighted by molar-refractivity contribution is 7.92. The average Bonchev–Trinajstić information content (AvgIpc) is 2.66. The van der Waals surface area contributed by atoms with Crippen LogP contribution in [0.4, 0.5) is 5.69 Å². The molecule has 2 aromatic carbocycles. The lowest BCUT2D eigenvalue weighted by Gasteiger charge is -2.24. The molecule has 0 saturated carbocycles. The third-order valence-corrected chi connectivity index (χ3v) is 5.77. The van der Waals surface area contributed by atoms with E-state index >= 15 is 0 Å². The fraction of sp³-hybridized carbons (Fsp3) is 0.316. The van der Waals surface area contributed by atoms with E-state index in [0.29, 0.717) is 11.4 Å². The molecule has 6 nitrogen and oxygen atoms in total. The van der Waals surface area contributed by atoms with Gasteiger partial charge in [-0.05, 0) is 43.7 Å². The van der Waals surface area contributed by atoms with Crippen LogP contribution in [0.3, 0.4) is 0 Å². The van der Waals surface area contributed by atoms with E-state index in [4.69, 9.17) is 4.74 Å². The van der Waals surface area contributed by atoms with Gasteiger partial charge in [0.1, 0.15) is 12.3 Å². The second-order valence-corrected chi connectivity index (χ2v) is 7.99. The number of sulfonamides is 1. The number of nitrogens with one attached hydrogen (secondary N) is 1. The number of carbonyl (C=O) groups is 1. The Balaban J connectivity index is 2.17. The van der Waals surface area contributed by atoms with Crippen LogP contribution < -0.4 is 14.4 Å². The van der Waals surface area contributed by atoms with Gasteiger partial charge in [0.2, 0.25) is 15.9 Å². The average molecular weight is 376 g/mol. The number of ether oxygens (including phenoxy) is 1. The molecule has 1 atom stereocenters. The molecule has 1 unspecified atom stereocenters. The maximum absolute atomic E-state index is 12.5. The lowest BCUT2D eigenvalue weighted by Crippen LogP contribution is -2.42. The second-order valence-electron chi connectivity index (χ2n) is 5.81. The summed E-state index contributed by atoms with van der Waals surface area (Å²) in [5, 5.41) is 2.85. The highest BCUT2D eigenvalue weighted by atomic mass is 32.2. The zero-order valence-electron chi connectivity index (χ0n) is 15.2. The number of benzene rings is 2. The number of anilines is 1. The van der Waals surface area contributed by atoms with Crippen molar-refractivity contribution in [2.24, 2.45) is 0 Å². The molecule has 0 saturated heterocycles. The topological polar surface area (TPSA) is 75.7 Å². The third-order valence-electron chi connectivity index (χ3n) is 4.03. The van der Waals surface area contributed by atoms with E-state index < -0.39 is 10.0 Å². The molecule has 0 fully saturated rings. The van der Waals surface area contributed by atoms with Crippen molar-refractivity contribution in [1.29, 1.82) is 0 Å². The first-order valence-corrected chi connectivity index (χ1v) is 9.97. The van der Waals surface area contributed by atoms with Gasteiger partial charge >= 0.3 is 0 Å². The second kappa shape index (κ2) is 8.71. The Bertz CT molecular complexity index is 820. The van der Waals surface area contributed by atoms with E-state index in [1.807, 2.05) is 37.3 Å². The van der Waals surface area contributed by atoms with Crippen LogP contribution in [0.25, 0.3) is 0 Å². The lowest BCUT2D eigenvalue weighted by atomic mass is 10.1. The number of hydrogen-bond acceptors (Lipinski definition) is 4. The Morgan fingerprint density at radius 3 is 2.27 bits per heavy atom. The molecule has 0 aromatic heterocycles. The third kappa shape index (κ3) is 4.98. The van der Waals surface area contributed by atoms with E-state index in [9.17, 15) is 13.2 Å². The van der Waals surface area contributed by atoms with Gasteiger partial charge in [0, 0.05) is 0 Å². The number of amides is 1. The van der Waals surface area contributed by atoms with Crippen molar-refractivity contribution in [2.45, 2.75) is 19.9 Å². The van der Waals surface area contributed by atoms with E-state index in [1.165, 1.54) is 7.11 Å². The summed E-state index contributed by atoms with van der Waals surface area (Å²) >= 11 is 0. The smallest absolute Gasteiger partial charge is 0.241 e. The number of rotatable bonds is 8. The molecule has 2 rings (SSSR count). The van der Waals surface area contributed by atoms with E-state index in [2.05, 4.69) is 5.32 Å². The maximum atomic E-state index is 12.5. The van der Waals surface area contributed by atoms with Gasteiger partial charge in [0.25, 0.3) is 0 Å². The predicted octanol–water partition coefficient (Wildman–Crippen LogP) is 2.73. The summed E-state index contributed by atoms with van der Waals surface area (Å²) < 4.78 is 31.1. The zero-order chi connectivity index (χ0) is 19.2. The Kier molecular flexibility index (Phi) is 6.63. The zero-order valence-corrected chi connectivity index (χ0v) is 16.0. The fourth-order valence-corrected chi connectivity index (χ4v) is 3.57. The molecule has 2 aromatic rings. The Hall–Kier alpha value is -2.54. The molecule has 1 amide bonds. The van der Waals surface area contributed by atoms with Crippen LogP contribution in [0.5, 0.6) is 5.75 Å². The first-order chi connectivity index (χ1) is 12.4. The minimum Gasteiger partial charge on any atom is -0.497 e. The molecule has 0 radical (unpaired) electrons. The van der Waals surface area contributed by atoms with E-state index in [-0.39, 0.29) is 24.2 Å². The molecule has 140 valence electrons. The summed E-state index contributed by atoms with van der Waals surface area (Å²) in [4.78, 5) is 12.5. The molecule has 1 N–H and O–H groups in total. The van der Waals surface area contributed by atoms with E-state index in [0.717, 1.165) is 9.87 Å². The Labute approximate surface area is 154 Å². The minimum absolute atomic E-state index is 0.0967. The van der Waals surface area contributed by atoms with Crippen LogP contribution in [0.15, 0.2) is 54.6 Å². The van der Waals surface area contributed by atoms with Gasteiger partial charge in [0.15, 0.2) is 0 Å². The van der Waals surface area contributed by atoms with Gasteiger partial charge in [0.05, 0.1) is 24.6 Å². The predicted molar refractivity (Wildman–Crippen MR) is 103 cm³/mol. The minimum atomic E-state index is -3.60. The van der Waals surface area contributed by atoms with Gasteiger partial charge in [-0.15, -0.1) is 0 Å². The van der Waals surface area contributed by atoms with Crippen LogP contribution in [-0.4, -0.2) is 33.7 Å². The molecular weight excluding hydrogens is 352 g/mol. The van der Waals surface area contributed by atoms with Crippen LogP contribution in [0.1, 0.15) is 25.5 Å². The normalized spacial score (nSPS) is 12.3. The molecule has 0 aliphatic carbocycles.